The summed E-state index contributed by atoms with van der Waals surface area (Å²) in [6.45, 7) is 6.93. The fourth-order valence-corrected chi connectivity index (χ4v) is 12.2. The fraction of sp³-hybridized carbons (Fsp3) is 0.756. The third-order valence-electron chi connectivity index (χ3n) is 18.0. The Labute approximate surface area is 526 Å². The Hall–Kier alpha value is -3.00. The van der Waals surface area contributed by atoms with Gasteiger partial charge in [0.1, 0.15) is 0 Å². The first-order chi connectivity index (χ1) is 41.7. The Morgan fingerprint density at radius 3 is 0.714 bits per heavy atom. The Morgan fingerprint density at radius 2 is 0.464 bits per heavy atom. The topological polar surface area (TPSA) is 24.7 Å². The van der Waals surface area contributed by atoms with Gasteiger partial charge in [0.2, 0.25) is 0 Å². The second-order valence-corrected chi connectivity index (χ2v) is 26.3. The molecule has 0 unspecified atom stereocenters. The van der Waals surface area contributed by atoms with Crippen LogP contribution in [0.2, 0.25) is 0 Å². The predicted molar refractivity (Wildman–Crippen MR) is 385 cm³/mol. The van der Waals surface area contributed by atoms with Crippen molar-refractivity contribution in [1.82, 2.24) is 0 Å². The summed E-state index contributed by atoms with van der Waals surface area (Å²) in [5.41, 5.74) is 5.38. The van der Waals surface area contributed by atoms with Crippen LogP contribution in [0.4, 0.5) is 11.4 Å². The SMILES string of the molecule is CCCCCCCCCCCCCCCCCCCCC=Cc1ccc(N=CC(C=CCCCCCCCCCCCCCCCCCCCCCC)=Nc2ccc(C=CCCCCCCCCCCCCCCCCCCCC)cc2)cc1. The summed E-state index contributed by atoms with van der Waals surface area (Å²) < 4.78 is 0. The minimum atomic E-state index is 0.911. The second-order valence-electron chi connectivity index (χ2n) is 26.3. The molecule has 2 heteroatoms. The van der Waals surface area contributed by atoms with Gasteiger partial charge in [-0.25, -0.2) is 4.99 Å². The van der Waals surface area contributed by atoms with E-state index in [2.05, 4.69) is 106 Å². The number of unbranched alkanes of at least 4 members (excludes halogenated alkanes) is 56. The predicted octanol–water partition coefficient (Wildman–Crippen LogP) is 29.8. The number of allylic oxidation sites excluding steroid dienone is 4. The highest BCUT2D eigenvalue weighted by atomic mass is 14.8. The molecule has 0 aliphatic rings. The minimum absolute atomic E-state index is 0.911. The van der Waals surface area contributed by atoms with Gasteiger partial charge in [-0.1, -0.05) is 416 Å². The number of benzene rings is 2. The van der Waals surface area contributed by atoms with E-state index in [-0.39, 0.29) is 0 Å². The second kappa shape index (κ2) is 64.5. The van der Waals surface area contributed by atoms with Crippen molar-refractivity contribution in [2.24, 2.45) is 9.98 Å². The van der Waals surface area contributed by atoms with Crippen LogP contribution in [-0.2, 0) is 0 Å². The number of hydrogen-bond acceptors (Lipinski definition) is 2. The minimum Gasteiger partial charge on any atom is -0.255 e. The monoisotopic (exact) mass is 1160 g/mol. The van der Waals surface area contributed by atoms with E-state index in [9.17, 15) is 0 Å². The van der Waals surface area contributed by atoms with E-state index in [1.807, 2.05) is 6.21 Å². The van der Waals surface area contributed by atoms with Crippen molar-refractivity contribution in [3.8, 4) is 0 Å². The van der Waals surface area contributed by atoms with Gasteiger partial charge in [0.15, 0.2) is 0 Å². The van der Waals surface area contributed by atoms with Crippen molar-refractivity contribution in [3.05, 3.63) is 84.0 Å². The normalized spacial score (nSPS) is 12.3. The zero-order chi connectivity index (χ0) is 59.6. The molecule has 2 rings (SSSR count). The summed E-state index contributed by atoms with van der Waals surface area (Å²) in [6.07, 6.45) is 99.0. The molecular formula is C82H142N2. The molecule has 2 nitrogen and oxygen atoms in total. The summed E-state index contributed by atoms with van der Waals surface area (Å²) in [6, 6.07) is 17.5. The highest BCUT2D eigenvalue weighted by Crippen LogP contribution is 2.22. The molecule has 0 spiro atoms. The maximum absolute atomic E-state index is 5.11. The molecular weight excluding hydrogens is 1010 g/mol. The van der Waals surface area contributed by atoms with Crippen molar-refractivity contribution in [3.63, 3.8) is 0 Å². The molecule has 2 aromatic carbocycles. The number of aliphatic imine (C=N–C) groups is 2. The molecule has 0 fully saturated rings. The van der Waals surface area contributed by atoms with E-state index in [4.69, 9.17) is 9.98 Å². The van der Waals surface area contributed by atoms with Crippen LogP contribution < -0.4 is 0 Å². The molecule has 0 atom stereocenters. The van der Waals surface area contributed by atoms with Crippen molar-refractivity contribution >= 4 is 35.5 Å². The van der Waals surface area contributed by atoms with Gasteiger partial charge in [-0.3, -0.25) is 4.99 Å². The van der Waals surface area contributed by atoms with Crippen molar-refractivity contribution in [2.75, 3.05) is 0 Å². The molecule has 2 aromatic rings. The summed E-state index contributed by atoms with van der Waals surface area (Å²) in [5.74, 6) is 0. The average molecular weight is 1160 g/mol. The van der Waals surface area contributed by atoms with Gasteiger partial charge in [0.05, 0.1) is 23.3 Å². The van der Waals surface area contributed by atoms with E-state index in [1.165, 1.54) is 384 Å². The van der Waals surface area contributed by atoms with Gasteiger partial charge < -0.3 is 0 Å². The smallest absolute Gasteiger partial charge is 0.0816 e. The molecule has 0 amide bonds. The van der Waals surface area contributed by atoms with Gasteiger partial charge in [-0.2, -0.15) is 0 Å². The molecule has 0 N–H and O–H groups in total. The molecule has 0 heterocycles. The van der Waals surface area contributed by atoms with E-state index < -0.39 is 0 Å². The Balaban J connectivity index is 1.70. The standard InChI is InChI=1S/C82H142N2/c1-4-7-10-13-16-19-22-25-28-31-34-37-38-41-44-47-50-53-56-59-62-65-68-82(84-81-75-71-79(72-76-81)67-64-61-58-55-52-49-46-43-40-36-33-30-27-24-21-18-15-12-9-6-3)77-83-80-73-69-78(70-74-80)66-63-60-57-54-51-48-45-42-39-35-32-29-26-23-20-17-14-11-8-5-2/h63-77H,4-62H2,1-3H3. The van der Waals surface area contributed by atoms with Gasteiger partial charge in [-0.15, -0.1) is 0 Å². The van der Waals surface area contributed by atoms with Crippen LogP contribution in [0.1, 0.15) is 411 Å². The van der Waals surface area contributed by atoms with Crippen LogP contribution in [0.15, 0.2) is 82.8 Å². The molecule has 0 aliphatic carbocycles. The largest absolute Gasteiger partial charge is 0.255 e. The van der Waals surface area contributed by atoms with E-state index in [1.54, 1.807) is 0 Å². The Morgan fingerprint density at radius 1 is 0.250 bits per heavy atom. The highest BCUT2D eigenvalue weighted by molar-refractivity contribution is 6.36. The third kappa shape index (κ3) is 54.4. The fourth-order valence-electron chi connectivity index (χ4n) is 12.2. The highest BCUT2D eigenvalue weighted by Gasteiger charge is 2.01. The van der Waals surface area contributed by atoms with Gasteiger partial charge in [0, 0.05) is 0 Å². The van der Waals surface area contributed by atoms with Crippen LogP contribution in [0.5, 0.6) is 0 Å². The number of nitrogens with zero attached hydrogens (tertiary/aromatic N) is 2. The lowest BCUT2D eigenvalue weighted by Gasteiger charge is -2.04. The van der Waals surface area contributed by atoms with Crippen LogP contribution >= 0.6 is 0 Å². The van der Waals surface area contributed by atoms with E-state index in [0.29, 0.717) is 0 Å². The summed E-state index contributed by atoms with van der Waals surface area (Å²) in [5, 5.41) is 0. The number of rotatable bonds is 65. The van der Waals surface area contributed by atoms with Gasteiger partial charge in [0.25, 0.3) is 0 Å². The lowest BCUT2D eigenvalue weighted by molar-refractivity contribution is 0.522. The average Bonchev–Trinajstić information content (AvgIpc) is 3.62. The molecule has 0 aliphatic heterocycles. The molecule has 0 bridgehead atoms. The maximum Gasteiger partial charge on any atom is 0.0816 e. The molecule has 480 valence electrons. The van der Waals surface area contributed by atoms with Crippen LogP contribution in [0.3, 0.4) is 0 Å². The van der Waals surface area contributed by atoms with Crippen LogP contribution in [0, 0.1) is 0 Å². The zero-order valence-corrected chi connectivity index (χ0v) is 56.8. The summed E-state index contributed by atoms with van der Waals surface area (Å²) >= 11 is 0. The Kier molecular flexibility index (Phi) is 59.2. The van der Waals surface area contributed by atoms with Gasteiger partial charge in [-0.05, 0) is 80.0 Å². The van der Waals surface area contributed by atoms with Crippen molar-refractivity contribution in [1.29, 1.82) is 0 Å². The first kappa shape index (κ1) is 77.1. The lowest BCUT2D eigenvalue weighted by Crippen LogP contribution is -1.94. The number of hydrogen-bond donors (Lipinski definition) is 0. The molecule has 0 saturated heterocycles. The Bertz CT molecular complexity index is 1760. The van der Waals surface area contributed by atoms with E-state index >= 15 is 0 Å². The van der Waals surface area contributed by atoms with Gasteiger partial charge >= 0.3 is 0 Å². The molecule has 84 heavy (non-hydrogen) atoms. The van der Waals surface area contributed by atoms with Crippen LogP contribution in [-0.4, -0.2) is 11.9 Å². The zero-order valence-electron chi connectivity index (χ0n) is 56.8. The quantitative estimate of drug-likeness (QED) is 0.0466. The van der Waals surface area contributed by atoms with E-state index in [0.717, 1.165) is 23.5 Å². The molecule has 0 radical (unpaired) electrons. The lowest BCUT2D eigenvalue weighted by atomic mass is 10.0. The first-order valence-electron chi connectivity index (χ1n) is 38.1. The third-order valence-corrected chi connectivity index (χ3v) is 18.0. The maximum atomic E-state index is 5.11. The summed E-state index contributed by atoms with van der Waals surface area (Å²) in [7, 11) is 0. The van der Waals surface area contributed by atoms with Crippen LogP contribution in [0.25, 0.3) is 12.2 Å². The van der Waals surface area contributed by atoms with Crippen molar-refractivity contribution in [2.45, 2.75) is 400 Å². The first-order valence-corrected chi connectivity index (χ1v) is 38.1. The molecule has 0 saturated carbocycles. The van der Waals surface area contributed by atoms with Crippen molar-refractivity contribution < 1.29 is 0 Å². The summed E-state index contributed by atoms with van der Waals surface area (Å²) in [4.78, 5) is 10.0. The molecule has 0 aromatic heterocycles.